The van der Waals surface area contributed by atoms with Gasteiger partial charge in [-0.1, -0.05) is 18.2 Å². The van der Waals surface area contributed by atoms with Crippen molar-refractivity contribution in [1.82, 2.24) is 0 Å². The number of hydrogen-bond acceptors (Lipinski definition) is 3. The van der Waals surface area contributed by atoms with Crippen molar-refractivity contribution in [3.05, 3.63) is 67.7 Å². The largest absolute Gasteiger partial charge is 0.377 e. The second-order valence-electron chi connectivity index (χ2n) is 5.13. The van der Waals surface area contributed by atoms with E-state index < -0.39 is 4.92 Å². The topological polar surface area (TPSA) is 55.2 Å². The van der Waals surface area contributed by atoms with Crippen LogP contribution in [-0.2, 0) is 0 Å². The van der Waals surface area contributed by atoms with E-state index in [2.05, 4.69) is 53.3 Å². The van der Waals surface area contributed by atoms with E-state index >= 15 is 0 Å². The Morgan fingerprint density at radius 2 is 1.86 bits per heavy atom. The molecule has 0 saturated heterocycles. The van der Waals surface area contributed by atoms with Crippen molar-refractivity contribution in [2.24, 2.45) is 0 Å². The molecule has 1 atom stereocenters. The zero-order valence-electron chi connectivity index (χ0n) is 12.2. The van der Waals surface area contributed by atoms with Crippen LogP contribution in [0.5, 0.6) is 0 Å². The van der Waals surface area contributed by atoms with Crippen LogP contribution in [0.1, 0.15) is 29.7 Å². The summed E-state index contributed by atoms with van der Waals surface area (Å²) in [5.41, 5.74) is 4.43. The van der Waals surface area contributed by atoms with Gasteiger partial charge in [0.05, 0.1) is 10.6 Å². The predicted molar refractivity (Wildman–Crippen MR) is 88.8 cm³/mol. The lowest BCUT2D eigenvalue weighted by Gasteiger charge is -2.18. The first-order valence-electron chi connectivity index (χ1n) is 6.66. The fourth-order valence-electron chi connectivity index (χ4n) is 2.09. The highest BCUT2D eigenvalue weighted by atomic mass is 79.9. The minimum Gasteiger partial charge on any atom is -0.377 e. The van der Waals surface area contributed by atoms with Crippen LogP contribution in [0.3, 0.4) is 0 Å². The Morgan fingerprint density at radius 1 is 1.14 bits per heavy atom. The first-order chi connectivity index (χ1) is 9.88. The molecule has 0 aliphatic carbocycles. The molecule has 1 unspecified atom stereocenters. The molecule has 1 N–H and O–H groups in total. The van der Waals surface area contributed by atoms with Gasteiger partial charge in [-0.05, 0) is 59.5 Å². The lowest BCUT2D eigenvalue weighted by molar-refractivity contribution is -0.384. The summed E-state index contributed by atoms with van der Waals surface area (Å²) in [5, 5.41) is 14.2. The molecule has 0 fully saturated rings. The molecule has 0 saturated carbocycles. The van der Waals surface area contributed by atoms with Gasteiger partial charge in [0.2, 0.25) is 0 Å². The normalized spacial score (nSPS) is 12.0. The number of non-ortho nitro benzene ring substituents is 1. The monoisotopic (exact) mass is 348 g/mol. The summed E-state index contributed by atoms with van der Waals surface area (Å²) in [6.45, 7) is 6.19. The van der Waals surface area contributed by atoms with Crippen molar-refractivity contribution in [1.29, 1.82) is 0 Å². The molecule has 21 heavy (non-hydrogen) atoms. The fourth-order valence-corrected chi connectivity index (χ4v) is 2.45. The van der Waals surface area contributed by atoms with E-state index in [4.69, 9.17) is 0 Å². The Hall–Kier alpha value is -1.88. The molecule has 0 aliphatic heterocycles. The third kappa shape index (κ3) is 3.61. The van der Waals surface area contributed by atoms with Crippen LogP contribution in [0.4, 0.5) is 11.4 Å². The maximum atomic E-state index is 10.9. The molecule has 0 heterocycles. The Kier molecular flexibility index (Phi) is 4.63. The van der Waals surface area contributed by atoms with Gasteiger partial charge in [-0.15, -0.1) is 0 Å². The van der Waals surface area contributed by atoms with E-state index in [-0.39, 0.29) is 11.7 Å². The van der Waals surface area contributed by atoms with Crippen LogP contribution in [0.25, 0.3) is 0 Å². The van der Waals surface area contributed by atoms with Gasteiger partial charge in [0.25, 0.3) is 5.69 Å². The molecule has 110 valence electrons. The molecule has 5 heteroatoms. The minimum absolute atomic E-state index is 0.0580. The Bertz CT molecular complexity index is 686. The molecule has 2 aromatic rings. The molecule has 4 nitrogen and oxygen atoms in total. The smallest absolute Gasteiger partial charge is 0.271 e. The van der Waals surface area contributed by atoms with Crippen molar-refractivity contribution in [2.45, 2.75) is 26.8 Å². The van der Waals surface area contributed by atoms with E-state index in [1.54, 1.807) is 12.1 Å². The number of anilines is 1. The minimum atomic E-state index is -0.391. The van der Waals surface area contributed by atoms with Crippen molar-refractivity contribution < 1.29 is 4.92 Å². The molecule has 0 radical (unpaired) electrons. The quantitative estimate of drug-likeness (QED) is 0.614. The molecule has 0 spiro atoms. The first-order valence-corrected chi connectivity index (χ1v) is 7.45. The number of aryl methyl sites for hydroxylation is 2. The summed E-state index contributed by atoms with van der Waals surface area (Å²) in [6.07, 6.45) is 0. The summed E-state index contributed by atoms with van der Waals surface area (Å²) in [6, 6.07) is 11.1. The Labute approximate surface area is 132 Å². The van der Waals surface area contributed by atoms with E-state index in [1.807, 2.05) is 6.92 Å². The lowest BCUT2D eigenvalue weighted by atomic mass is 10.0. The summed E-state index contributed by atoms with van der Waals surface area (Å²) in [7, 11) is 0. The van der Waals surface area contributed by atoms with Crippen LogP contribution in [-0.4, -0.2) is 4.92 Å². The predicted octanol–water partition coefficient (Wildman–Crippen LogP) is 5.15. The summed E-state index contributed by atoms with van der Waals surface area (Å²) < 4.78 is 0.809. The average molecular weight is 349 g/mol. The maximum Gasteiger partial charge on any atom is 0.271 e. The average Bonchev–Trinajstić information content (AvgIpc) is 2.43. The van der Waals surface area contributed by atoms with E-state index in [9.17, 15) is 10.1 Å². The first kappa shape index (κ1) is 15.5. The summed E-state index contributed by atoms with van der Waals surface area (Å²) >= 11 is 3.42. The number of hydrogen-bond donors (Lipinski definition) is 1. The molecule has 2 aromatic carbocycles. The molecular weight excluding hydrogens is 332 g/mol. The molecule has 0 aromatic heterocycles. The number of benzene rings is 2. The molecule has 0 amide bonds. The van der Waals surface area contributed by atoms with E-state index in [0.717, 1.165) is 15.7 Å². The second-order valence-corrected chi connectivity index (χ2v) is 5.99. The van der Waals surface area contributed by atoms with Crippen LogP contribution in [0.15, 0.2) is 40.9 Å². The van der Waals surface area contributed by atoms with Gasteiger partial charge in [0, 0.05) is 22.6 Å². The maximum absolute atomic E-state index is 10.9. The lowest BCUT2D eigenvalue weighted by Crippen LogP contribution is -2.08. The van der Waals surface area contributed by atoms with Gasteiger partial charge in [-0.3, -0.25) is 10.1 Å². The molecular formula is C16H17BrN2O2. The van der Waals surface area contributed by atoms with Crippen molar-refractivity contribution >= 4 is 27.3 Å². The second kappa shape index (κ2) is 6.26. The van der Waals surface area contributed by atoms with Gasteiger partial charge in [0.15, 0.2) is 0 Å². The van der Waals surface area contributed by atoms with Crippen molar-refractivity contribution in [3.63, 3.8) is 0 Å². The van der Waals surface area contributed by atoms with Crippen LogP contribution in [0.2, 0.25) is 0 Å². The fraction of sp³-hybridized carbons (Fsp3) is 0.250. The van der Waals surface area contributed by atoms with Crippen LogP contribution >= 0.6 is 15.9 Å². The summed E-state index contributed by atoms with van der Waals surface area (Å²) in [4.78, 5) is 10.5. The molecule has 0 aliphatic rings. The zero-order valence-corrected chi connectivity index (χ0v) is 13.8. The Morgan fingerprint density at radius 3 is 2.48 bits per heavy atom. The zero-order chi connectivity index (χ0) is 15.6. The number of nitro groups is 1. The Balaban J connectivity index is 2.26. The van der Waals surface area contributed by atoms with Crippen molar-refractivity contribution in [3.8, 4) is 0 Å². The third-order valence-corrected chi connectivity index (χ3v) is 4.26. The number of nitrogens with zero attached hydrogens (tertiary/aromatic N) is 1. The number of halogens is 1. The molecule has 0 bridgehead atoms. The van der Waals surface area contributed by atoms with Gasteiger partial charge in [-0.2, -0.15) is 0 Å². The van der Waals surface area contributed by atoms with Gasteiger partial charge < -0.3 is 5.32 Å². The van der Waals surface area contributed by atoms with Crippen LogP contribution in [0, 0.1) is 24.0 Å². The highest BCUT2D eigenvalue weighted by molar-refractivity contribution is 9.10. The van der Waals surface area contributed by atoms with Crippen LogP contribution < -0.4 is 5.32 Å². The van der Waals surface area contributed by atoms with E-state index in [1.165, 1.54) is 17.2 Å². The third-order valence-electron chi connectivity index (χ3n) is 3.56. The van der Waals surface area contributed by atoms with Crippen molar-refractivity contribution in [2.75, 3.05) is 5.32 Å². The number of nitro benzene ring substituents is 1. The number of nitrogens with one attached hydrogen (secondary N) is 1. The highest BCUT2D eigenvalue weighted by Gasteiger charge is 2.12. The van der Waals surface area contributed by atoms with E-state index in [0.29, 0.717) is 0 Å². The standard InChI is InChI=1S/C16H17BrN2O2/c1-10-4-5-13(8-11(10)2)12(3)18-16-9-14(19(20)21)6-7-15(16)17/h4-9,12,18H,1-3H3. The summed E-state index contributed by atoms with van der Waals surface area (Å²) in [5.74, 6) is 0. The molecule has 2 rings (SSSR count). The van der Waals surface area contributed by atoms with Gasteiger partial charge in [-0.25, -0.2) is 0 Å². The number of rotatable bonds is 4. The SMILES string of the molecule is Cc1ccc(C(C)Nc2cc([N+](=O)[O-])ccc2Br)cc1C. The van der Waals surface area contributed by atoms with Gasteiger partial charge in [0.1, 0.15) is 0 Å². The highest BCUT2D eigenvalue weighted by Crippen LogP contribution is 2.30. The van der Waals surface area contributed by atoms with Gasteiger partial charge >= 0.3 is 0 Å².